The molecule has 0 aliphatic heterocycles. The number of carbonyl (C=O) groups is 1. The summed E-state index contributed by atoms with van der Waals surface area (Å²) in [4.78, 5) is 12.1. The first-order valence-corrected chi connectivity index (χ1v) is 6.79. The molecule has 0 saturated carbocycles. The smallest absolute Gasteiger partial charge is 0.381 e. The molecule has 0 N–H and O–H groups in total. The fraction of sp³-hybridized carbons (Fsp3) is 0.176. The predicted molar refractivity (Wildman–Crippen MR) is 81.1 cm³/mol. The standard InChI is InChI=1S/C17H17NO3/c1-2-21-17(19)16(15-11-7-4-8-12-15)18(20)13-14-9-5-3-6-10-14/h3-13,16H,2H2,1H3/b18-13-. The van der Waals surface area contributed by atoms with Crippen molar-refractivity contribution in [3.8, 4) is 0 Å². The van der Waals surface area contributed by atoms with Crippen molar-refractivity contribution in [3.05, 3.63) is 77.0 Å². The Labute approximate surface area is 123 Å². The highest BCUT2D eigenvalue weighted by atomic mass is 16.5. The molecule has 108 valence electrons. The molecule has 0 radical (unpaired) electrons. The van der Waals surface area contributed by atoms with Crippen LogP contribution < -0.4 is 0 Å². The number of hydroxylamine groups is 1. The van der Waals surface area contributed by atoms with Crippen LogP contribution in [0.3, 0.4) is 0 Å². The minimum atomic E-state index is -0.994. The summed E-state index contributed by atoms with van der Waals surface area (Å²) in [6, 6.07) is 17.0. The van der Waals surface area contributed by atoms with Gasteiger partial charge in [0.15, 0.2) is 6.21 Å². The molecular weight excluding hydrogens is 266 g/mol. The number of esters is 1. The van der Waals surface area contributed by atoms with Gasteiger partial charge in [0, 0.05) is 11.1 Å². The van der Waals surface area contributed by atoms with E-state index in [0.29, 0.717) is 10.3 Å². The zero-order valence-electron chi connectivity index (χ0n) is 11.8. The van der Waals surface area contributed by atoms with Crippen LogP contribution in [0.1, 0.15) is 24.1 Å². The second kappa shape index (κ2) is 7.24. The molecule has 21 heavy (non-hydrogen) atoms. The van der Waals surface area contributed by atoms with Gasteiger partial charge in [0.05, 0.1) is 6.61 Å². The summed E-state index contributed by atoms with van der Waals surface area (Å²) in [7, 11) is 0. The predicted octanol–water partition coefficient (Wildman–Crippen LogP) is 2.92. The minimum absolute atomic E-state index is 0.237. The van der Waals surface area contributed by atoms with Crippen LogP contribution in [0, 0.1) is 5.21 Å². The molecule has 2 rings (SSSR count). The van der Waals surface area contributed by atoms with Crippen LogP contribution in [0.5, 0.6) is 0 Å². The second-order valence-corrected chi connectivity index (χ2v) is 4.46. The summed E-state index contributed by atoms with van der Waals surface area (Å²) in [6.45, 7) is 1.96. The van der Waals surface area contributed by atoms with E-state index in [1.54, 1.807) is 43.3 Å². The number of rotatable bonds is 5. The number of carbonyl (C=O) groups excluding carboxylic acids is 1. The quantitative estimate of drug-likeness (QED) is 0.279. The van der Waals surface area contributed by atoms with E-state index in [1.807, 2.05) is 24.3 Å². The van der Waals surface area contributed by atoms with E-state index in [0.717, 1.165) is 5.56 Å². The summed E-state index contributed by atoms with van der Waals surface area (Å²) in [5, 5.41) is 12.4. The monoisotopic (exact) mass is 283 g/mol. The summed E-state index contributed by atoms with van der Waals surface area (Å²) in [6.07, 6.45) is 1.40. The molecule has 1 atom stereocenters. The highest BCUT2D eigenvalue weighted by molar-refractivity contribution is 5.80. The van der Waals surface area contributed by atoms with Gasteiger partial charge in [0.2, 0.25) is 0 Å². The van der Waals surface area contributed by atoms with Gasteiger partial charge in [-0.2, -0.15) is 4.74 Å². The van der Waals surface area contributed by atoms with Gasteiger partial charge in [-0.25, -0.2) is 4.79 Å². The molecule has 0 fully saturated rings. The summed E-state index contributed by atoms with van der Waals surface area (Å²) < 4.78 is 5.66. The van der Waals surface area contributed by atoms with E-state index in [2.05, 4.69) is 0 Å². The molecule has 0 spiro atoms. The van der Waals surface area contributed by atoms with Crippen LogP contribution >= 0.6 is 0 Å². The molecule has 2 aromatic rings. The summed E-state index contributed by atoms with van der Waals surface area (Å²) in [5.41, 5.74) is 1.34. The third-order valence-corrected chi connectivity index (χ3v) is 2.96. The van der Waals surface area contributed by atoms with Gasteiger partial charge in [-0.15, -0.1) is 0 Å². The van der Waals surface area contributed by atoms with Crippen LogP contribution in [0.25, 0.3) is 0 Å². The fourth-order valence-corrected chi connectivity index (χ4v) is 2.00. The molecule has 0 amide bonds. The van der Waals surface area contributed by atoms with Gasteiger partial charge in [0.1, 0.15) is 0 Å². The molecule has 0 bridgehead atoms. The largest absolute Gasteiger partial charge is 0.623 e. The van der Waals surface area contributed by atoms with Gasteiger partial charge >= 0.3 is 5.97 Å². The first-order valence-electron chi connectivity index (χ1n) is 6.79. The molecule has 0 saturated heterocycles. The Hall–Kier alpha value is -2.62. The van der Waals surface area contributed by atoms with Crippen molar-refractivity contribution in [2.24, 2.45) is 0 Å². The Balaban J connectivity index is 2.35. The Kier molecular flexibility index (Phi) is 5.10. The summed E-state index contributed by atoms with van der Waals surface area (Å²) >= 11 is 0. The Morgan fingerprint density at radius 3 is 2.29 bits per heavy atom. The van der Waals surface area contributed by atoms with Gasteiger partial charge < -0.3 is 9.94 Å². The van der Waals surface area contributed by atoms with E-state index in [-0.39, 0.29) is 6.61 Å². The zero-order chi connectivity index (χ0) is 15.1. The van der Waals surface area contributed by atoms with E-state index >= 15 is 0 Å². The average molecular weight is 283 g/mol. The van der Waals surface area contributed by atoms with Crippen LogP contribution in [-0.4, -0.2) is 23.5 Å². The van der Waals surface area contributed by atoms with Gasteiger partial charge in [0.25, 0.3) is 6.04 Å². The maximum absolute atomic E-state index is 12.4. The normalized spacial score (nSPS) is 12.7. The van der Waals surface area contributed by atoms with Gasteiger partial charge in [-0.3, -0.25) is 0 Å². The van der Waals surface area contributed by atoms with Crippen LogP contribution in [0.4, 0.5) is 0 Å². The minimum Gasteiger partial charge on any atom is -0.623 e. The van der Waals surface area contributed by atoms with E-state index < -0.39 is 12.0 Å². The number of nitrogens with zero attached hydrogens (tertiary/aromatic N) is 1. The van der Waals surface area contributed by atoms with Crippen molar-refractivity contribution >= 4 is 12.2 Å². The number of benzene rings is 2. The van der Waals surface area contributed by atoms with Gasteiger partial charge in [-0.1, -0.05) is 48.5 Å². The maximum atomic E-state index is 12.4. The van der Waals surface area contributed by atoms with E-state index in [9.17, 15) is 10.0 Å². The molecule has 1 unspecified atom stereocenters. The van der Waals surface area contributed by atoms with Crippen molar-refractivity contribution < 1.29 is 14.3 Å². The first kappa shape index (κ1) is 14.8. The Morgan fingerprint density at radius 1 is 1.14 bits per heavy atom. The van der Waals surface area contributed by atoms with Crippen molar-refractivity contribution in [2.45, 2.75) is 13.0 Å². The second-order valence-electron chi connectivity index (χ2n) is 4.46. The molecule has 4 nitrogen and oxygen atoms in total. The third-order valence-electron chi connectivity index (χ3n) is 2.96. The lowest BCUT2D eigenvalue weighted by Crippen LogP contribution is -2.25. The molecule has 0 aliphatic rings. The van der Waals surface area contributed by atoms with E-state index in [1.165, 1.54) is 6.21 Å². The molecule has 0 aliphatic carbocycles. The lowest BCUT2D eigenvalue weighted by atomic mass is 10.1. The van der Waals surface area contributed by atoms with Crippen molar-refractivity contribution in [3.63, 3.8) is 0 Å². The van der Waals surface area contributed by atoms with Crippen molar-refractivity contribution in [2.75, 3.05) is 6.61 Å². The van der Waals surface area contributed by atoms with Crippen LogP contribution in [-0.2, 0) is 9.53 Å². The SMILES string of the molecule is CCOC(=O)C(c1ccccc1)/[N+]([O-])=C/c1ccccc1. The molecule has 0 heterocycles. The molecular formula is C17H17NO3. The topological polar surface area (TPSA) is 52.4 Å². The van der Waals surface area contributed by atoms with Crippen LogP contribution in [0.15, 0.2) is 60.7 Å². The number of ether oxygens (including phenoxy) is 1. The fourth-order valence-electron chi connectivity index (χ4n) is 2.00. The summed E-state index contributed by atoms with van der Waals surface area (Å²) in [5.74, 6) is -0.550. The maximum Gasteiger partial charge on any atom is 0.381 e. The highest BCUT2D eigenvalue weighted by Crippen LogP contribution is 2.18. The molecule has 0 aromatic heterocycles. The van der Waals surface area contributed by atoms with Crippen molar-refractivity contribution in [1.29, 1.82) is 0 Å². The van der Waals surface area contributed by atoms with E-state index in [4.69, 9.17) is 4.74 Å². The van der Waals surface area contributed by atoms with Crippen molar-refractivity contribution in [1.82, 2.24) is 0 Å². The number of hydrogen-bond acceptors (Lipinski definition) is 3. The molecule has 4 heteroatoms. The first-order chi connectivity index (χ1) is 10.2. The zero-order valence-corrected chi connectivity index (χ0v) is 11.8. The average Bonchev–Trinajstić information content (AvgIpc) is 2.50. The van der Waals surface area contributed by atoms with Crippen LogP contribution in [0.2, 0.25) is 0 Å². The Bertz CT molecular complexity index is 608. The molecule has 2 aromatic carbocycles. The van der Waals surface area contributed by atoms with Gasteiger partial charge in [-0.05, 0) is 19.1 Å². The Morgan fingerprint density at radius 2 is 1.71 bits per heavy atom. The lowest BCUT2D eigenvalue weighted by molar-refractivity contribution is -0.490. The highest BCUT2D eigenvalue weighted by Gasteiger charge is 2.29. The third kappa shape index (κ3) is 3.92. The lowest BCUT2D eigenvalue weighted by Gasteiger charge is -2.15. The number of hydrogen-bond donors (Lipinski definition) is 0.